The fourth-order valence-corrected chi connectivity index (χ4v) is 0.902. The summed E-state index contributed by atoms with van der Waals surface area (Å²) in [5, 5.41) is 0. The average molecular weight is 101 g/mol. The van der Waals surface area contributed by atoms with Crippen molar-refractivity contribution in [3.05, 3.63) is 0 Å². The summed E-state index contributed by atoms with van der Waals surface area (Å²) in [6, 6.07) is 0. The maximum Gasteiger partial charge on any atom is 0.414 e. The van der Waals surface area contributed by atoms with Gasteiger partial charge < -0.3 is 9.13 Å². The van der Waals surface area contributed by atoms with Gasteiger partial charge in [0, 0.05) is 0 Å². The largest absolute Gasteiger partial charge is 0.414 e. The molecule has 1 aliphatic rings. The lowest BCUT2D eigenvalue weighted by molar-refractivity contribution is 0.511. The van der Waals surface area contributed by atoms with Gasteiger partial charge in [-0.15, -0.1) is 0 Å². The van der Waals surface area contributed by atoms with E-state index in [0.717, 1.165) is 13.1 Å². The lowest BCUT2D eigenvalue weighted by Gasteiger charge is -2.03. The molecule has 0 bridgehead atoms. The fourth-order valence-electron chi connectivity index (χ4n) is 0.902. The van der Waals surface area contributed by atoms with Crippen molar-refractivity contribution in [1.82, 2.24) is 4.81 Å². The predicted molar refractivity (Wildman–Crippen MR) is 29.1 cm³/mol. The summed E-state index contributed by atoms with van der Waals surface area (Å²) in [6.45, 7) is 1.94. The Morgan fingerprint density at radius 2 is 1.86 bits per heavy atom. The lowest BCUT2D eigenvalue weighted by atomic mass is 10.3. The van der Waals surface area contributed by atoms with Crippen molar-refractivity contribution in [3.63, 3.8) is 0 Å². The van der Waals surface area contributed by atoms with Gasteiger partial charge in [-0.3, -0.25) is 0 Å². The molecule has 40 valence electrons. The number of rotatable bonds is 1. The van der Waals surface area contributed by atoms with Crippen molar-refractivity contribution >= 4 is 7.69 Å². The summed E-state index contributed by atoms with van der Waals surface area (Å²) < 4.78 is 11.6. The van der Waals surface area contributed by atoms with E-state index in [1.165, 1.54) is 12.8 Å². The summed E-state index contributed by atoms with van der Waals surface area (Å²) in [4.78, 5) is 1.82. The van der Waals surface area contributed by atoms with Crippen molar-refractivity contribution in [1.29, 1.82) is 0 Å². The van der Waals surface area contributed by atoms with E-state index in [2.05, 4.69) is 0 Å². The van der Waals surface area contributed by atoms with E-state index in [0.29, 0.717) is 0 Å². The Morgan fingerprint density at radius 3 is 2.14 bits per heavy atom. The SMILES string of the molecule is FBN1CCCC1. The summed E-state index contributed by atoms with van der Waals surface area (Å²) in [7, 11) is -0.250. The molecule has 3 heteroatoms. The lowest BCUT2D eigenvalue weighted by Crippen LogP contribution is -2.20. The van der Waals surface area contributed by atoms with Crippen LogP contribution in [0, 0.1) is 0 Å². The van der Waals surface area contributed by atoms with Gasteiger partial charge in [-0.2, -0.15) is 0 Å². The minimum Gasteiger partial charge on any atom is -0.317 e. The summed E-state index contributed by atoms with van der Waals surface area (Å²) in [5.41, 5.74) is 0. The molecule has 1 heterocycles. The Bertz CT molecular complexity index is 53.7. The van der Waals surface area contributed by atoms with Crippen LogP contribution in [-0.2, 0) is 0 Å². The molecule has 0 aliphatic carbocycles. The Kier molecular flexibility index (Phi) is 1.68. The van der Waals surface area contributed by atoms with Crippen LogP contribution in [-0.4, -0.2) is 25.6 Å². The maximum absolute atomic E-state index is 11.6. The van der Waals surface area contributed by atoms with Crippen LogP contribution >= 0.6 is 0 Å². The van der Waals surface area contributed by atoms with Gasteiger partial charge in [-0.25, -0.2) is 0 Å². The second kappa shape index (κ2) is 2.31. The van der Waals surface area contributed by atoms with Crippen molar-refractivity contribution in [3.8, 4) is 0 Å². The molecule has 0 aromatic rings. The van der Waals surface area contributed by atoms with Crippen molar-refractivity contribution < 1.29 is 4.32 Å². The Balaban J connectivity index is 2.14. The molecule has 0 saturated carbocycles. The van der Waals surface area contributed by atoms with Crippen LogP contribution in [0.15, 0.2) is 0 Å². The third-order valence-corrected chi connectivity index (χ3v) is 1.37. The van der Waals surface area contributed by atoms with Crippen molar-refractivity contribution in [2.45, 2.75) is 12.8 Å². The molecule has 0 radical (unpaired) electrons. The first-order valence-electron chi connectivity index (χ1n) is 2.72. The van der Waals surface area contributed by atoms with Crippen LogP contribution in [0.3, 0.4) is 0 Å². The van der Waals surface area contributed by atoms with Crippen molar-refractivity contribution in [2.75, 3.05) is 13.1 Å². The minimum absolute atomic E-state index is 0.250. The van der Waals surface area contributed by atoms with Gasteiger partial charge in [-0.05, 0) is 25.9 Å². The number of nitrogens with zero attached hydrogens (tertiary/aromatic N) is 1. The molecule has 1 nitrogen and oxygen atoms in total. The second-order valence-electron chi connectivity index (χ2n) is 1.94. The van der Waals surface area contributed by atoms with Gasteiger partial charge in [0.15, 0.2) is 0 Å². The topological polar surface area (TPSA) is 3.24 Å². The highest BCUT2D eigenvalue weighted by Crippen LogP contribution is 2.04. The van der Waals surface area contributed by atoms with Crippen LogP contribution < -0.4 is 0 Å². The molecule has 0 aromatic heterocycles. The van der Waals surface area contributed by atoms with E-state index in [1.54, 1.807) is 0 Å². The second-order valence-corrected chi connectivity index (χ2v) is 1.94. The summed E-state index contributed by atoms with van der Waals surface area (Å²) in [5.74, 6) is 0. The standard InChI is InChI=1S/C4H9BFN/c6-5-7-3-1-2-4-7/h5H,1-4H2. The van der Waals surface area contributed by atoms with Crippen LogP contribution in [0.2, 0.25) is 0 Å². The highest BCUT2D eigenvalue weighted by Gasteiger charge is 2.10. The van der Waals surface area contributed by atoms with Crippen LogP contribution in [0.4, 0.5) is 4.32 Å². The molecular weight excluding hydrogens is 91.9 g/mol. The van der Waals surface area contributed by atoms with Gasteiger partial charge in [0.2, 0.25) is 0 Å². The smallest absolute Gasteiger partial charge is 0.317 e. The first-order chi connectivity index (χ1) is 3.43. The van der Waals surface area contributed by atoms with Crippen molar-refractivity contribution in [2.24, 2.45) is 0 Å². The molecule has 1 fully saturated rings. The Morgan fingerprint density at radius 1 is 1.29 bits per heavy atom. The molecular formula is C4H9BFN. The zero-order valence-electron chi connectivity index (χ0n) is 4.36. The zero-order chi connectivity index (χ0) is 5.11. The highest BCUT2D eigenvalue weighted by atomic mass is 19.1. The third-order valence-electron chi connectivity index (χ3n) is 1.37. The molecule has 0 N–H and O–H groups in total. The van der Waals surface area contributed by atoms with Gasteiger partial charge in [-0.1, -0.05) is 0 Å². The fraction of sp³-hybridized carbons (Fsp3) is 1.00. The molecule has 0 aromatic carbocycles. The Labute approximate surface area is 43.8 Å². The molecule has 1 rings (SSSR count). The molecule has 7 heavy (non-hydrogen) atoms. The van der Waals surface area contributed by atoms with Gasteiger partial charge in [0.1, 0.15) is 0 Å². The quantitative estimate of drug-likeness (QED) is 0.430. The molecule has 0 atom stereocenters. The molecule has 0 unspecified atom stereocenters. The van der Waals surface area contributed by atoms with E-state index in [9.17, 15) is 4.32 Å². The normalized spacial score (nSPS) is 23.0. The Hall–Kier alpha value is -0.0451. The van der Waals surface area contributed by atoms with E-state index in [1.807, 2.05) is 4.81 Å². The number of hydrogen-bond acceptors (Lipinski definition) is 1. The van der Waals surface area contributed by atoms with E-state index >= 15 is 0 Å². The summed E-state index contributed by atoms with van der Waals surface area (Å²) >= 11 is 0. The van der Waals surface area contributed by atoms with Crippen LogP contribution in [0.5, 0.6) is 0 Å². The number of hydrogen-bond donors (Lipinski definition) is 0. The molecule has 1 saturated heterocycles. The van der Waals surface area contributed by atoms with E-state index < -0.39 is 0 Å². The number of halogens is 1. The van der Waals surface area contributed by atoms with E-state index in [4.69, 9.17) is 0 Å². The summed E-state index contributed by atoms with van der Waals surface area (Å²) in [6.07, 6.45) is 2.37. The van der Waals surface area contributed by atoms with Crippen LogP contribution in [0.1, 0.15) is 12.8 Å². The van der Waals surface area contributed by atoms with Gasteiger partial charge in [0.25, 0.3) is 0 Å². The predicted octanol–water partition coefficient (Wildman–Crippen LogP) is 0.318. The minimum atomic E-state index is -0.250. The molecule has 0 spiro atoms. The van der Waals surface area contributed by atoms with Gasteiger partial charge >= 0.3 is 7.69 Å². The average Bonchev–Trinajstić information content (AvgIpc) is 2.14. The zero-order valence-corrected chi connectivity index (χ0v) is 4.36. The molecule has 1 aliphatic heterocycles. The maximum atomic E-state index is 11.6. The van der Waals surface area contributed by atoms with E-state index in [-0.39, 0.29) is 7.69 Å². The monoisotopic (exact) mass is 101 g/mol. The first-order valence-corrected chi connectivity index (χ1v) is 2.72. The van der Waals surface area contributed by atoms with Crippen LogP contribution in [0.25, 0.3) is 0 Å². The third kappa shape index (κ3) is 1.16. The van der Waals surface area contributed by atoms with Gasteiger partial charge in [0.05, 0.1) is 0 Å². The first kappa shape index (κ1) is 5.10. The molecule has 0 amide bonds. The highest BCUT2D eigenvalue weighted by molar-refractivity contribution is 6.22.